The Morgan fingerprint density at radius 1 is 1.20 bits per heavy atom. The first kappa shape index (κ1) is 22.0. The lowest BCUT2D eigenvalue weighted by Crippen LogP contribution is -2.38. The van der Waals surface area contributed by atoms with Crippen LogP contribution in [-0.4, -0.2) is 29.6 Å². The van der Waals surface area contributed by atoms with E-state index in [2.05, 4.69) is 4.98 Å². The van der Waals surface area contributed by atoms with E-state index in [1.165, 1.54) is 21.2 Å². The van der Waals surface area contributed by atoms with Crippen molar-refractivity contribution in [1.82, 2.24) is 14.1 Å². The number of benzene rings is 1. The van der Waals surface area contributed by atoms with Gasteiger partial charge in [0.15, 0.2) is 0 Å². The van der Waals surface area contributed by atoms with Crippen molar-refractivity contribution >= 4 is 32.7 Å². The van der Waals surface area contributed by atoms with Crippen LogP contribution in [0.1, 0.15) is 11.3 Å². The Bertz CT molecular complexity index is 1400. The van der Waals surface area contributed by atoms with Crippen LogP contribution in [0.25, 0.3) is 22.2 Å². The Morgan fingerprint density at radius 3 is 2.43 bits per heavy atom. The fourth-order valence-electron chi connectivity index (χ4n) is 3.37. The van der Waals surface area contributed by atoms with Crippen LogP contribution in [0, 0.1) is 0 Å². The molecule has 0 saturated carbocycles. The van der Waals surface area contributed by atoms with E-state index in [1.54, 1.807) is 18.2 Å². The van der Waals surface area contributed by atoms with Crippen molar-refractivity contribution in [2.45, 2.75) is 12.3 Å². The van der Waals surface area contributed by atoms with Gasteiger partial charge in [-0.05, 0) is 23.8 Å². The largest absolute Gasteiger partial charge is 0.496 e. The molecule has 0 spiro atoms. The van der Waals surface area contributed by atoms with E-state index < -0.39 is 27.0 Å². The van der Waals surface area contributed by atoms with E-state index in [0.717, 1.165) is 9.13 Å². The molecule has 0 fully saturated rings. The second-order valence-electron chi connectivity index (χ2n) is 6.67. The maximum atomic E-state index is 13.1. The number of nitrogens with zero attached hydrogens (tertiary/aromatic N) is 3. The molecular weight excluding hydrogens is 434 g/mol. The summed E-state index contributed by atoms with van der Waals surface area (Å²) in [4.78, 5) is 29.8. The molecule has 0 aliphatic rings. The van der Waals surface area contributed by atoms with Crippen LogP contribution >= 0.6 is 11.6 Å². The van der Waals surface area contributed by atoms with Crippen molar-refractivity contribution in [3.05, 3.63) is 55.3 Å². The number of pyridine rings is 1. The lowest BCUT2D eigenvalue weighted by Gasteiger charge is -2.19. The van der Waals surface area contributed by atoms with Crippen LogP contribution in [0.2, 0.25) is 5.02 Å². The fourth-order valence-corrected chi connectivity index (χ4v) is 4.15. The zero-order valence-corrected chi connectivity index (χ0v) is 18.0. The van der Waals surface area contributed by atoms with Crippen molar-refractivity contribution in [3.8, 4) is 16.9 Å². The molecule has 2 heterocycles. The van der Waals surface area contributed by atoms with E-state index in [0.29, 0.717) is 27.5 Å². The molecule has 0 atom stereocenters. The lowest BCUT2D eigenvalue weighted by atomic mass is 9.95. The molecule has 0 radical (unpaired) electrons. The molecule has 160 valence electrons. The van der Waals surface area contributed by atoms with E-state index in [4.69, 9.17) is 27.2 Å². The normalized spacial score (nSPS) is 11.8. The third-order valence-electron chi connectivity index (χ3n) is 4.75. The number of rotatable bonds is 5. The number of sulfonamides is 1. The van der Waals surface area contributed by atoms with Crippen molar-refractivity contribution in [2.75, 3.05) is 7.11 Å². The Balaban J connectivity index is 2.66. The smallest absolute Gasteiger partial charge is 0.332 e. The number of nitrogens with two attached hydrogens (primary N) is 2. The average Bonchev–Trinajstić information content (AvgIpc) is 2.68. The van der Waals surface area contributed by atoms with Gasteiger partial charge in [0.25, 0.3) is 5.56 Å². The summed E-state index contributed by atoms with van der Waals surface area (Å²) in [6.07, 6.45) is 0. The molecule has 0 saturated heterocycles. The number of primary sulfonamides is 1. The molecule has 0 unspecified atom stereocenters. The summed E-state index contributed by atoms with van der Waals surface area (Å²) in [5.41, 5.74) is 5.84. The van der Waals surface area contributed by atoms with Gasteiger partial charge in [0.1, 0.15) is 17.1 Å². The number of methoxy groups -OCH3 is 1. The number of fused-ring (bicyclic) bond motifs is 1. The van der Waals surface area contributed by atoms with E-state index in [1.807, 2.05) is 0 Å². The highest BCUT2D eigenvalue weighted by atomic mass is 35.5. The first-order chi connectivity index (χ1) is 14.0. The first-order valence-electron chi connectivity index (χ1n) is 8.66. The third-order valence-corrected chi connectivity index (χ3v) is 5.66. The van der Waals surface area contributed by atoms with Crippen molar-refractivity contribution < 1.29 is 13.2 Å². The van der Waals surface area contributed by atoms with Gasteiger partial charge in [0.05, 0.1) is 18.2 Å². The number of hydrogen-bond donors (Lipinski definition) is 2. The lowest BCUT2D eigenvalue weighted by molar-refractivity contribution is 0.416. The summed E-state index contributed by atoms with van der Waals surface area (Å²) in [7, 11) is 0.222. The van der Waals surface area contributed by atoms with Gasteiger partial charge >= 0.3 is 5.69 Å². The quantitative estimate of drug-likeness (QED) is 0.559. The zero-order chi connectivity index (χ0) is 22.4. The Kier molecular flexibility index (Phi) is 5.74. The first-order valence-corrected chi connectivity index (χ1v) is 10.8. The van der Waals surface area contributed by atoms with Gasteiger partial charge in [-0.1, -0.05) is 11.6 Å². The molecule has 12 heteroatoms. The number of aromatic nitrogens is 3. The van der Waals surface area contributed by atoms with Crippen LogP contribution in [0.4, 0.5) is 0 Å². The Labute approximate surface area is 176 Å². The van der Waals surface area contributed by atoms with Gasteiger partial charge in [-0.25, -0.2) is 23.3 Å². The van der Waals surface area contributed by atoms with Crippen molar-refractivity contribution in [1.29, 1.82) is 0 Å². The highest BCUT2D eigenvalue weighted by Gasteiger charge is 2.25. The summed E-state index contributed by atoms with van der Waals surface area (Å²) >= 11 is 6.07. The molecule has 3 aromatic rings. The summed E-state index contributed by atoms with van der Waals surface area (Å²) in [6.45, 7) is -0.138. The van der Waals surface area contributed by atoms with Crippen molar-refractivity contribution in [3.63, 3.8) is 0 Å². The van der Waals surface area contributed by atoms with Gasteiger partial charge in [-0.3, -0.25) is 13.9 Å². The zero-order valence-electron chi connectivity index (χ0n) is 16.5. The third kappa shape index (κ3) is 3.72. The SMILES string of the molecule is COc1cc(Cl)ccc1-c1c(CN)c(CS(N)(=O)=O)nc2c1c(=O)n(C)c(=O)n2C. The number of hydrogen-bond acceptors (Lipinski definition) is 7. The molecule has 4 N–H and O–H groups in total. The predicted molar refractivity (Wildman–Crippen MR) is 114 cm³/mol. The van der Waals surface area contributed by atoms with Gasteiger partial charge in [0, 0.05) is 36.8 Å². The van der Waals surface area contributed by atoms with E-state index in [-0.39, 0.29) is 23.3 Å². The van der Waals surface area contributed by atoms with E-state index in [9.17, 15) is 18.0 Å². The summed E-state index contributed by atoms with van der Waals surface area (Å²) in [5.74, 6) is -0.288. The fraction of sp³-hybridized carbons (Fsp3) is 0.278. The molecule has 0 bridgehead atoms. The Morgan fingerprint density at radius 2 is 1.87 bits per heavy atom. The number of ether oxygens (including phenoxy) is 1. The summed E-state index contributed by atoms with van der Waals surface area (Å²) in [6, 6.07) is 4.77. The maximum Gasteiger partial charge on any atom is 0.332 e. The second-order valence-corrected chi connectivity index (χ2v) is 8.72. The van der Waals surface area contributed by atoms with Gasteiger partial charge in [0.2, 0.25) is 10.0 Å². The standard InChI is InChI=1S/C18H20ClN5O5S/c1-23-16-15(17(25)24(2)18(23)26)14(10-5-4-9(19)6-13(10)29-3)11(7-20)12(22-16)8-30(21,27)28/h4-6H,7-8,20H2,1-3H3,(H2,21,27,28). The van der Waals surface area contributed by atoms with Gasteiger partial charge in [-0.2, -0.15) is 0 Å². The highest BCUT2D eigenvalue weighted by molar-refractivity contribution is 7.88. The molecule has 2 aromatic heterocycles. The molecule has 0 amide bonds. The molecule has 10 nitrogen and oxygen atoms in total. The number of aryl methyl sites for hydroxylation is 1. The monoisotopic (exact) mass is 453 g/mol. The molecule has 0 aliphatic carbocycles. The van der Waals surface area contributed by atoms with E-state index >= 15 is 0 Å². The molecular formula is C18H20ClN5O5S. The molecule has 0 aliphatic heterocycles. The predicted octanol–water partition coefficient (Wildman–Crippen LogP) is 0.208. The molecule has 30 heavy (non-hydrogen) atoms. The minimum Gasteiger partial charge on any atom is -0.496 e. The summed E-state index contributed by atoms with van der Waals surface area (Å²) < 4.78 is 31.2. The minimum absolute atomic E-state index is 0.00551. The topological polar surface area (TPSA) is 152 Å². The minimum atomic E-state index is -3.98. The van der Waals surface area contributed by atoms with Gasteiger partial charge in [-0.15, -0.1) is 0 Å². The maximum absolute atomic E-state index is 13.1. The molecule has 3 rings (SSSR count). The average molecular weight is 454 g/mol. The van der Waals surface area contributed by atoms with Gasteiger partial charge < -0.3 is 10.5 Å². The van der Waals surface area contributed by atoms with Crippen LogP contribution in [-0.2, 0) is 36.4 Å². The summed E-state index contributed by atoms with van der Waals surface area (Å²) in [5, 5.41) is 5.73. The van der Waals surface area contributed by atoms with Crippen molar-refractivity contribution in [2.24, 2.45) is 25.0 Å². The van der Waals surface area contributed by atoms with Crippen LogP contribution in [0.15, 0.2) is 27.8 Å². The van der Waals surface area contributed by atoms with Crippen LogP contribution < -0.4 is 26.9 Å². The second kappa shape index (κ2) is 7.84. The molecule has 1 aromatic carbocycles. The highest BCUT2D eigenvalue weighted by Crippen LogP contribution is 2.38. The Hall–Kier alpha value is -2.73. The number of halogens is 1. The van der Waals surface area contributed by atoms with Crippen LogP contribution in [0.5, 0.6) is 5.75 Å². The van der Waals surface area contributed by atoms with Crippen LogP contribution in [0.3, 0.4) is 0 Å².